The van der Waals surface area contributed by atoms with Crippen molar-refractivity contribution in [2.24, 2.45) is 0 Å². The first-order valence-corrected chi connectivity index (χ1v) is 9.09. The Bertz CT molecular complexity index is 958. The third kappa shape index (κ3) is 3.55. The lowest BCUT2D eigenvalue weighted by molar-refractivity contribution is 0.0736. The van der Waals surface area contributed by atoms with Crippen LogP contribution in [0.5, 0.6) is 0 Å². The maximum atomic E-state index is 12.7. The van der Waals surface area contributed by atoms with Crippen LogP contribution in [0.25, 0.3) is 11.5 Å². The molecule has 28 heavy (non-hydrogen) atoms. The lowest BCUT2D eigenvalue weighted by Gasteiger charge is -2.34. The first kappa shape index (κ1) is 18.0. The molecule has 9 heteroatoms. The summed E-state index contributed by atoms with van der Waals surface area (Å²) < 4.78 is 10.5. The molecule has 0 N–H and O–H groups in total. The van der Waals surface area contributed by atoms with Crippen LogP contribution in [-0.2, 0) is 0 Å². The van der Waals surface area contributed by atoms with Crippen LogP contribution in [0.4, 0.5) is 11.8 Å². The summed E-state index contributed by atoms with van der Waals surface area (Å²) in [5, 5.41) is 3.90. The molecule has 0 aliphatic carbocycles. The quantitative estimate of drug-likeness (QED) is 0.677. The predicted octanol–water partition coefficient (Wildman–Crippen LogP) is 2.06. The average molecular weight is 382 g/mol. The maximum Gasteiger partial charge on any atom is 0.276 e. The average Bonchev–Trinajstić information content (AvgIpc) is 3.38. The molecule has 1 amide bonds. The van der Waals surface area contributed by atoms with Gasteiger partial charge in [-0.3, -0.25) is 4.79 Å². The number of furan rings is 1. The van der Waals surface area contributed by atoms with E-state index in [1.807, 2.05) is 32.0 Å². The number of carbonyl (C=O) groups excluding carboxylic acids is 1. The molecule has 1 saturated heterocycles. The van der Waals surface area contributed by atoms with Crippen LogP contribution in [0.15, 0.2) is 39.5 Å². The van der Waals surface area contributed by atoms with Gasteiger partial charge >= 0.3 is 0 Å². The van der Waals surface area contributed by atoms with E-state index >= 15 is 0 Å². The van der Waals surface area contributed by atoms with Crippen LogP contribution in [0.1, 0.15) is 16.2 Å². The molecule has 0 saturated carbocycles. The number of aryl methyl sites for hydroxylation is 1. The van der Waals surface area contributed by atoms with Crippen molar-refractivity contribution >= 4 is 17.7 Å². The molecule has 0 spiro atoms. The lowest BCUT2D eigenvalue weighted by atomic mass is 10.2. The summed E-state index contributed by atoms with van der Waals surface area (Å²) in [5.41, 5.74) is 1.20. The molecule has 1 aliphatic rings. The number of amides is 1. The SMILES string of the molecule is Cc1cc(N(C)C)nc(N2CCN(C(=O)c3cc(-c4ccco4)on3)CC2)n1. The van der Waals surface area contributed by atoms with Crippen molar-refractivity contribution in [3.05, 3.63) is 41.9 Å². The highest BCUT2D eigenvalue weighted by Crippen LogP contribution is 2.22. The van der Waals surface area contributed by atoms with Crippen molar-refractivity contribution in [2.75, 3.05) is 50.1 Å². The molecular formula is C19H22N6O3. The van der Waals surface area contributed by atoms with Gasteiger partial charge in [-0.2, -0.15) is 4.98 Å². The Morgan fingerprint density at radius 2 is 1.89 bits per heavy atom. The predicted molar refractivity (Wildman–Crippen MR) is 103 cm³/mol. The Labute approximate surface area is 162 Å². The van der Waals surface area contributed by atoms with Gasteiger partial charge in [-0.15, -0.1) is 0 Å². The minimum atomic E-state index is -0.152. The van der Waals surface area contributed by atoms with Crippen LogP contribution >= 0.6 is 0 Å². The Morgan fingerprint density at radius 1 is 1.11 bits per heavy atom. The molecule has 0 aromatic carbocycles. The summed E-state index contributed by atoms with van der Waals surface area (Å²) >= 11 is 0. The van der Waals surface area contributed by atoms with Gasteiger partial charge in [-0.05, 0) is 19.1 Å². The zero-order valence-corrected chi connectivity index (χ0v) is 16.1. The number of hydrogen-bond donors (Lipinski definition) is 0. The standard InChI is InChI=1S/C19H22N6O3/c1-13-11-17(23(2)3)21-19(20-13)25-8-6-24(7-9-25)18(26)14-12-16(28-22-14)15-5-4-10-27-15/h4-5,10-12H,6-9H2,1-3H3. The van der Waals surface area contributed by atoms with E-state index in [4.69, 9.17) is 8.94 Å². The first-order valence-electron chi connectivity index (χ1n) is 9.09. The molecule has 146 valence electrons. The van der Waals surface area contributed by atoms with Gasteiger partial charge in [0.25, 0.3) is 5.91 Å². The van der Waals surface area contributed by atoms with Crippen LogP contribution in [-0.4, -0.2) is 66.2 Å². The number of hydrogen-bond acceptors (Lipinski definition) is 8. The molecule has 4 heterocycles. The molecule has 3 aromatic heterocycles. The Hall–Kier alpha value is -3.36. The zero-order valence-electron chi connectivity index (χ0n) is 16.1. The monoisotopic (exact) mass is 382 g/mol. The molecule has 3 aromatic rings. The van der Waals surface area contributed by atoms with Gasteiger partial charge < -0.3 is 23.6 Å². The zero-order chi connectivity index (χ0) is 19.7. The second-order valence-corrected chi connectivity index (χ2v) is 6.89. The van der Waals surface area contributed by atoms with Crippen LogP contribution in [0.2, 0.25) is 0 Å². The Balaban J connectivity index is 1.42. The highest BCUT2D eigenvalue weighted by atomic mass is 16.5. The minimum absolute atomic E-state index is 0.152. The van der Waals surface area contributed by atoms with Gasteiger partial charge in [0.05, 0.1) is 6.26 Å². The van der Waals surface area contributed by atoms with E-state index in [0.717, 1.165) is 11.5 Å². The molecule has 0 radical (unpaired) electrons. The fourth-order valence-corrected chi connectivity index (χ4v) is 3.09. The van der Waals surface area contributed by atoms with Crippen molar-refractivity contribution in [2.45, 2.75) is 6.92 Å². The van der Waals surface area contributed by atoms with Crippen LogP contribution < -0.4 is 9.80 Å². The van der Waals surface area contributed by atoms with Gasteiger partial charge in [0, 0.05) is 58.1 Å². The Kier molecular flexibility index (Phi) is 4.72. The summed E-state index contributed by atoms with van der Waals surface area (Å²) in [6.45, 7) is 4.40. The van der Waals surface area contributed by atoms with E-state index < -0.39 is 0 Å². The maximum absolute atomic E-state index is 12.7. The van der Waals surface area contributed by atoms with Crippen molar-refractivity contribution < 1.29 is 13.7 Å². The third-order valence-electron chi connectivity index (χ3n) is 4.63. The molecule has 0 bridgehead atoms. The van der Waals surface area contributed by atoms with E-state index in [9.17, 15) is 4.79 Å². The highest BCUT2D eigenvalue weighted by Gasteiger charge is 2.26. The fourth-order valence-electron chi connectivity index (χ4n) is 3.09. The van der Waals surface area contributed by atoms with Gasteiger partial charge in [0.1, 0.15) is 5.82 Å². The van der Waals surface area contributed by atoms with Crippen molar-refractivity contribution in [3.8, 4) is 11.5 Å². The smallest absolute Gasteiger partial charge is 0.276 e. The van der Waals surface area contributed by atoms with E-state index in [0.29, 0.717) is 43.6 Å². The second-order valence-electron chi connectivity index (χ2n) is 6.89. The van der Waals surface area contributed by atoms with Gasteiger partial charge in [0.15, 0.2) is 11.5 Å². The largest absolute Gasteiger partial charge is 0.461 e. The van der Waals surface area contributed by atoms with Crippen molar-refractivity contribution in [3.63, 3.8) is 0 Å². The number of nitrogens with zero attached hydrogens (tertiary/aromatic N) is 6. The number of aromatic nitrogens is 3. The van der Waals surface area contributed by atoms with E-state index in [2.05, 4.69) is 20.0 Å². The number of piperazine rings is 1. The van der Waals surface area contributed by atoms with Crippen molar-refractivity contribution in [1.82, 2.24) is 20.0 Å². The summed E-state index contributed by atoms with van der Waals surface area (Å²) in [7, 11) is 3.91. The van der Waals surface area contributed by atoms with Gasteiger partial charge in [0.2, 0.25) is 11.7 Å². The summed E-state index contributed by atoms with van der Waals surface area (Å²) in [4.78, 5) is 27.7. The molecule has 0 atom stereocenters. The molecule has 4 rings (SSSR count). The second kappa shape index (κ2) is 7.34. The number of rotatable bonds is 4. The van der Waals surface area contributed by atoms with Crippen molar-refractivity contribution in [1.29, 1.82) is 0 Å². The third-order valence-corrected chi connectivity index (χ3v) is 4.63. The molecule has 9 nitrogen and oxygen atoms in total. The normalized spacial score (nSPS) is 14.4. The van der Waals surface area contributed by atoms with Gasteiger partial charge in [-0.1, -0.05) is 5.16 Å². The molecular weight excluding hydrogens is 360 g/mol. The summed E-state index contributed by atoms with van der Waals surface area (Å²) in [6.07, 6.45) is 1.55. The van der Waals surface area contributed by atoms with Gasteiger partial charge in [-0.25, -0.2) is 4.98 Å². The topological polar surface area (TPSA) is 91.7 Å². The molecule has 1 fully saturated rings. The van der Waals surface area contributed by atoms with E-state index in [1.165, 1.54) is 0 Å². The molecule has 1 aliphatic heterocycles. The van der Waals surface area contributed by atoms with Crippen LogP contribution in [0.3, 0.4) is 0 Å². The lowest BCUT2D eigenvalue weighted by Crippen LogP contribution is -2.49. The summed E-state index contributed by atoms with van der Waals surface area (Å²) in [6, 6.07) is 7.08. The first-order chi connectivity index (χ1) is 13.5. The Morgan fingerprint density at radius 3 is 2.57 bits per heavy atom. The minimum Gasteiger partial charge on any atom is -0.461 e. The summed E-state index contributed by atoms with van der Waals surface area (Å²) in [5.74, 6) is 2.40. The van der Waals surface area contributed by atoms with E-state index in [1.54, 1.807) is 29.4 Å². The number of anilines is 2. The number of carbonyl (C=O) groups is 1. The fraction of sp³-hybridized carbons (Fsp3) is 0.368. The molecule has 0 unspecified atom stereocenters. The van der Waals surface area contributed by atoms with E-state index in [-0.39, 0.29) is 11.6 Å². The highest BCUT2D eigenvalue weighted by molar-refractivity contribution is 5.93. The van der Waals surface area contributed by atoms with Crippen LogP contribution in [0, 0.1) is 6.92 Å².